The third kappa shape index (κ3) is 2.77. The largest absolute Gasteiger partial charge is 0.338 e. The van der Waals surface area contributed by atoms with Crippen LogP contribution in [0.3, 0.4) is 0 Å². The fourth-order valence-electron chi connectivity index (χ4n) is 1.19. The average molecular weight is 255 g/mol. The maximum absolute atomic E-state index is 6.04. The van der Waals surface area contributed by atoms with E-state index >= 15 is 0 Å². The highest BCUT2D eigenvalue weighted by Gasteiger charge is 2.06. The first-order valence-electron chi connectivity index (χ1n) is 4.98. The first kappa shape index (κ1) is 11.5. The second-order valence-electron chi connectivity index (χ2n) is 3.18. The van der Waals surface area contributed by atoms with E-state index in [1.807, 2.05) is 31.2 Å². The van der Waals surface area contributed by atoms with Crippen LogP contribution in [-0.4, -0.2) is 10.1 Å². The smallest absolute Gasteiger partial charge is 0.237 e. The second-order valence-corrected chi connectivity index (χ2v) is 4.60. The van der Waals surface area contributed by atoms with Gasteiger partial charge in [-0.25, -0.2) is 0 Å². The Bertz CT molecular complexity index is 473. The average Bonchev–Trinajstić information content (AvgIpc) is 2.76. The van der Waals surface area contributed by atoms with Gasteiger partial charge in [0.25, 0.3) is 0 Å². The minimum Gasteiger partial charge on any atom is -0.338 e. The molecular formula is C11H11ClN2OS. The molecule has 0 unspecified atom stereocenters. The summed E-state index contributed by atoms with van der Waals surface area (Å²) in [4.78, 5) is 5.26. The predicted molar refractivity (Wildman–Crippen MR) is 64.7 cm³/mol. The second kappa shape index (κ2) is 5.37. The molecule has 0 atom stereocenters. The zero-order chi connectivity index (χ0) is 11.4. The van der Waals surface area contributed by atoms with Crippen LogP contribution in [0.4, 0.5) is 0 Å². The molecule has 0 aliphatic heterocycles. The van der Waals surface area contributed by atoms with E-state index < -0.39 is 0 Å². The van der Waals surface area contributed by atoms with Gasteiger partial charge in [-0.15, -0.1) is 11.8 Å². The number of hydrogen-bond acceptors (Lipinski definition) is 4. The van der Waals surface area contributed by atoms with E-state index in [-0.39, 0.29) is 0 Å². The molecule has 0 amide bonds. The number of halogens is 1. The lowest BCUT2D eigenvalue weighted by Crippen LogP contribution is -1.84. The summed E-state index contributed by atoms with van der Waals surface area (Å²) in [7, 11) is 0. The van der Waals surface area contributed by atoms with E-state index in [1.54, 1.807) is 11.8 Å². The van der Waals surface area contributed by atoms with Gasteiger partial charge in [-0.3, -0.25) is 0 Å². The van der Waals surface area contributed by atoms with Crippen LogP contribution in [0.15, 0.2) is 33.7 Å². The maximum Gasteiger partial charge on any atom is 0.237 e. The van der Waals surface area contributed by atoms with Crippen LogP contribution in [0.2, 0.25) is 5.02 Å². The van der Waals surface area contributed by atoms with Crippen molar-refractivity contribution in [1.82, 2.24) is 10.1 Å². The van der Waals surface area contributed by atoms with Gasteiger partial charge in [0.05, 0.1) is 10.8 Å². The number of aryl methyl sites for hydroxylation is 1. The van der Waals surface area contributed by atoms with E-state index in [0.717, 1.165) is 22.2 Å². The van der Waals surface area contributed by atoms with Crippen molar-refractivity contribution in [2.75, 3.05) is 0 Å². The molecule has 0 saturated carbocycles. The molecule has 1 aromatic heterocycles. The van der Waals surface area contributed by atoms with Crippen molar-refractivity contribution < 1.29 is 4.52 Å². The molecule has 0 spiro atoms. The number of benzene rings is 1. The molecule has 5 heteroatoms. The molecule has 0 N–H and O–H groups in total. The number of thioether (sulfide) groups is 1. The molecule has 0 saturated heterocycles. The first-order valence-corrected chi connectivity index (χ1v) is 6.34. The quantitative estimate of drug-likeness (QED) is 0.782. The highest BCUT2D eigenvalue weighted by molar-refractivity contribution is 7.98. The minimum atomic E-state index is 0.641. The Morgan fingerprint density at radius 1 is 1.38 bits per heavy atom. The van der Waals surface area contributed by atoms with Crippen LogP contribution in [0.1, 0.15) is 18.6 Å². The van der Waals surface area contributed by atoms with Crippen LogP contribution < -0.4 is 0 Å². The minimum absolute atomic E-state index is 0.641. The van der Waals surface area contributed by atoms with Crippen molar-refractivity contribution in [3.63, 3.8) is 0 Å². The van der Waals surface area contributed by atoms with Gasteiger partial charge < -0.3 is 4.52 Å². The van der Waals surface area contributed by atoms with Crippen molar-refractivity contribution in [3.05, 3.63) is 41.0 Å². The lowest BCUT2D eigenvalue weighted by molar-refractivity contribution is 0.385. The van der Waals surface area contributed by atoms with Gasteiger partial charge in [0, 0.05) is 11.3 Å². The molecule has 1 aromatic carbocycles. The molecule has 84 valence electrons. The van der Waals surface area contributed by atoms with Gasteiger partial charge in [0.15, 0.2) is 5.82 Å². The Balaban J connectivity index is 1.99. The monoisotopic (exact) mass is 254 g/mol. The molecule has 2 aromatic rings. The van der Waals surface area contributed by atoms with Gasteiger partial charge in [0.2, 0.25) is 5.89 Å². The Labute approximate surface area is 103 Å². The fourth-order valence-corrected chi connectivity index (χ4v) is 2.27. The summed E-state index contributed by atoms with van der Waals surface area (Å²) in [6.07, 6.45) is 0.792. The Morgan fingerprint density at radius 3 is 2.88 bits per heavy atom. The summed E-state index contributed by atoms with van der Waals surface area (Å²) in [5.41, 5.74) is 0. The molecule has 0 aliphatic rings. The van der Waals surface area contributed by atoms with E-state index in [4.69, 9.17) is 16.1 Å². The van der Waals surface area contributed by atoms with Crippen molar-refractivity contribution in [3.8, 4) is 0 Å². The van der Waals surface area contributed by atoms with Gasteiger partial charge in [0.1, 0.15) is 0 Å². The van der Waals surface area contributed by atoms with Crippen LogP contribution in [-0.2, 0) is 12.2 Å². The molecular weight excluding hydrogens is 244 g/mol. The number of rotatable bonds is 4. The van der Waals surface area contributed by atoms with Gasteiger partial charge >= 0.3 is 0 Å². The lowest BCUT2D eigenvalue weighted by atomic mass is 10.4. The van der Waals surface area contributed by atoms with Gasteiger partial charge in [-0.2, -0.15) is 4.98 Å². The molecule has 16 heavy (non-hydrogen) atoms. The first-order chi connectivity index (χ1) is 7.79. The third-order valence-electron chi connectivity index (χ3n) is 2.01. The molecule has 0 aliphatic carbocycles. The summed E-state index contributed by atoms with van der Waals surface area (Å²) in [5, 5.41) is 4.59. The Hall–Kier alpha value is -1.00. The van der Waals surface area contributed by atoms with Crippen molar-refractivity contribution in [2.24, 2.45) is 0 Å². The maximum atomic E-state index is 6.04. The van der Waals surface area contributed by atoms with Crippen molar-refractivity contribution >= 4 is 23.4 Å². The van der Waals surface area contributed by atoms with Crippen molar-refractivity contribution in [2.45, 2.75) is 24.0 Å². The Morgan fingerprint density at radius 2 is 2.19 bits per heavy atom. The Kier molecular flexibility index (Phi) is 3.85. The molecule has 1 heterocycles. The van der Waals surface area contributed by atoms with Crippen LogP contribution in [0.5, 0.6) is 0 Å². The van der Waals surface area contributed by atoms with Crippen LogP contribution in [0, 0.1) is 0 Å². The lowest BCUT2D eigenvalue weighted by Gasteiger charge is -2.00. The molecule has 0 radical (unpaired) electrons. The fraction of sp³-hybridized carbons (Fsp3) is 0.273. The van der Waals surface area contributed by atoms with Crippen LogP contribution in [0.25, 0.3) is 0 Å². The number of hydrogen-bond donors (Lipinski definition) is 0. The summed E-state index contributed by atoms with van der Waals surface area (Å²) in [6, 6.07) is 7.72. The third-order valence-corrected chi connectivity index (χ3v) is 3.51. The summed E-state index contributed by atoms with van der Waals surface area (Å²) in [6.45, 7) is 2.00. The topological polar surface area (TPSA) is 38.9 Å². The van der Waals surface area contributed by atoms with E-state index in [2.05, 4.69) is 10.1 Å². The molecule has 0 bridgehead atoms. The number of nitrogens with zero attached hydrogens (tertiary/aromatic N) is 2. The zero-order valence-corrected chi connectivity index (χ0v) is 10.4. The SMILES string of the molecule is CCc1noc(CSc2ccccc2Cl)n1. The summed E-state index contributed by atoms with van der Waals surface area (Å²) >= 11 is 7.63. The van der Waals surface area contributed by atoms with Gasteiger partial charge in [-0.1, -0.05) is 35.8 Å². The van der Waals surface area contributed by atoms with Crippen molar-refractivity contribution in [1.29, 1.82) is 0 Å². The normalized spacial score (nSPS) is 10.6. The van der Waals surface area contributed by atoms with E-state index in [1.165, 1.54) is 0 Å². The van der Waals surface area contributed by atoms with E-state index in [9.17, 15) is 0 Å². The number of aromatic nitrogens is 2. The summed E-state index contributed by atoms with van der Waals surface area (Å²) in [5.74, 6) is 2.04. The van der Waals surface area contributed by atoms with E-state index in [0.29, 0.717) is 11.6 Å². The zero-order valence-electron chi connectivity index (χ0n) is 8.81. The predicted octanol–water partition coefficient (Wildman–Crippen LogP) is 3.58. The van der Waals surface area contributed by atoms with Gasteiger partial charge in [-0.05, 0) is 12.1 Å². The molecule has 3 nitrogen and oxygen atoms in total. The molecule has 0 fully saturated rings. The highest BCUT2D eigenvalue weighted by Crippen LogP contribution is 2.28. The standard InChI is InChI=1S/C11H11ClN2OS/c1-2-10-13-11(15-14-10)7-16-9-6-4-3-5-8(9)12/h3-6H,2,7H2,1H3. The van der Waals surface area contributed by atoms with Crippen LogP contribution >= 0.6 is 23.4 Å². The summed E-state index contributed by atoms with van der Waals surface area (Å²) < 4.78 is 5.09. The molecule has 2 rings (SSSR count). The highest BCUT2D eigenvalue weighted by atomic mass is 35.5.